The highest BCUT2D eigenvalue weighted by Crippen LogP contribution is 2.23. The Balaban J connectivity index is 2.14. The zero-order valence-electron chi connectivity index (χ0n) is 11.8. The number of ether oxygens (including phenoxy) is 1. The second kappa shape index (κ2) is 6.43. The summed E-state index contributed by atoms with van der Waals surface area (Å²) in [6.45, 7) is 5.07. The van der Waals surface area contributed by atoms with Crippen LogP contribution in [0.4, 0.5) is 0 Å². The number of nitrogens with one attached hydrogen (secondary N) is 1. The lowest BCUT2D eigenvalue weighted by Gasteiger charge is -2.17. The Bertz CT molecular complexity index is 502. The number of benzene rings is 1. The lowest BCUT2D eigenvalue weighted by Crippen LogP contribution is -2.23. The first-order valence-corrected chi connectivity index (χ1v) is 6.65. The van der Waals surface area contributed by atoms with Crippen LogP contribution in [0.5, 0.6) is 5.75 Å². The van der Waals surface area contributed by atoms with Gasteiger partial charge < -0.3 is 14.5 Å². The number of hydrogen-bond acceptors (Lipinski definition) is 3. The van der Waals surface area contributed by atoms with Crippen molar-refractivity contribution < 1.29 is 9.15 Å². The van der Waals surface area contributed by atoms with Gasteiger partial charge in [-0.15, -0.1) is 0 Å². The number of rotatable bonds is 6. The van der Waals surface area contributed by atoms with Crippen LogP contribution in [0.1, 0.15) is 29.9 Å². The Hall–Kier alpha value is -1.74. The van der Waals surface area contributed by atoms with E-state index in [4.69, 9.17) is 9.15 Å². The smallest absolute Gasteiger partial charge is 0.118 e. The lowest BCUT2D eigenvalue weighted by atomic mass is 9.99. The summed E-state index contributed by atoms with van der Waals surface area (Å²) in [4.78, 5) is 0. The molecule has 1 atom stereocenters. The van der Waals surface area contributed by atoms with Crippen LogP contribution >= 0.6 is 0 Å². The SMILES string of the molecule is CCNC(Cc1ccc(OC)cc1)c1ccoc1C. The van der Waals surface area contributed by atoms with Crippen molar-refractivity contribution in [2.45, 2.75) is 26.3 Å². The van der Waals surface area contributed by atoms with Crippen LogP contribution in [0.25, 0.3) is 0 Å². The van der Waals surface area contributed by atoms with E-state index in [2.05, 4.69) is 24.4 Å². The van der Waals surface area contributed by atoms with E-state index in [1.165, 1.54) is 11.1 Å². The van der Waals surface area contributed by atoms with Gasteiger partial charge in [0.25, 0.3) is 0 Å². The molecule has 0 saturated carbocycles. The van der Waals surface area contributed by atoms with Gasteiger partial charge in [0, 0.05) is 11.6 Å². The third kappa shape index (κ3) is 3.38. The molecule has 1 aromatic carbocycles. The van der Waals surface area contributed by atoms with E-state index < -0.39 is 0 Å². The quantitative estimate of drug-likeness (QED) is 0.862. The van der Waals surface area contributed by atoms with E-state index >= 15 is 0 Å². The van der Waals surface area contributed by atoms with Crippen molar-refractivity contribution in [2.75, 3.05) is 13.7 Å². The molecule has 1 aromatic heterocycles. The van der Waals surface area contributed by atoms with Crippen LogP contribution in [0.3, 0.4) is 0 Å². The first kappa shape index (κ1) is 13.7. The topological polar surface area (TPSA) is 34.4 Å². The van der Waals surface area contributed by atoms with Gasteiger partial charge in [0.2, 0.25) is 0 Å². The summed E-state index contributed by atoms with van der Waals surface area (Å²) < 4.78 is 10.6. The zero-order valence-corrected chi connectivity index (χ0v) is 11.8. The minimum atomic E-state index is 0.289. The Morgan fingerprint density at radius 2 is 1.95 bits per heavy atom. The molecule has 102 valence electrons. The predicted molar refractivity (Wildman–Crippen MR) is 76.6 cm³/mol. The van der Waals surface area contributed by atoms with E-state index in [1.807, 2.05) is 25.1 Å². The van der Waals surface area contributed by atoms with Gasteiger partial charge in [0.15, 0.2) is 0 Å². The molecule has 2 aromatic rings. The zero-order chi connectivity index (χ0) is 13.7. The highest BCUT2D eigenvalue weighted by Gasteiger charge is 2.15. The van der Waals surface area contributed by atoms with E-state index in [0.717, 1.165) is 24.5 Å². The third-order valence-corrected chi connectivity index (χ3v) is 3.32. The summed E-state index contributed by atoms with van der Waals surface area (Å²) in [6, 6.07) is 10.6. The van der Waals surface area contributed by atoms with Gasteiger partial charge in [-0.05, 0) is 43.7 Å². The predicted octanol–water partition coefficient (Wildman–Crippen LogP) is 3.49. The standard InChI is InChI=1S/C16H21NO2/c1-4-17-16(15-9-10-19-12(15)2)11-13-5-7-14(18-3)8-6-13/h5-10,16-17H,4,11H2,1-3H3. The molecular formula is C16H21NO2. The van der Waals surface area contributed by atoms with Crippen molar-refractivity contribution in [2.24, 2.45) is 0 Å². The van der Waals surface area contributed by atoms with Gasteiger partial charge in [-0.25, -0.2) is 0 Å². The number of hydrogen-bond donors (Lipinski definition) is 1. The van der Waals surface area contributed by atoms with E-state index in [1.54, 1.807) is 13.4 Å². The van der Waals surface area contributed by atoms with Gasteiger partial charge in [-0.3, -0.25) is 0 Å². The van der Waals surface area contributed by atoms with Crippen molar-refractivity contribution in [1.82, 2.24) is 5.32 Å². The second-order valence-corrected chi connectivity index (χ2v) is 4.59. The van der Waals surface area contributed by atoms with Crippen LogP contribution in [-0.4, -0.2) is 13.7 Å². The molecule has 0 radical (unpaired) electrons. The minimum Gasteiger partial charge on any atom is -0.497 e. The molecule has 1 heterocycles. The molecule has 0 amide bonds. The van der Waals surface area contributed by atoms with Crippen molar-refractivity contribution in [3.05, 3.63) is 53.5 Å². The molecule has 0 aliphatic heterocycles. The molecule has 19 heavy (non-hydrogen) atoms. The second-order valence-electron chi connectivity index (χ2n) is 4.59. The monoisotopic (exact) mass is 259 g/mol. The number of likely N-dealkylation sites (N-methyl/N-ethyl adjacent to an activating group) is 1. The Labute approximate surface area is 114 Å². The number of methoxy groups -OCH3 is 1. The maximum atomic E-state index is 5.41. The Kier molecular flexibility index (Phi) is 4.63. The van der Waals surface area contributed by atoms with Gasteiger partial charge in [-0.1, -0.05) is 19.1 Å². The summed E-state index contributed by atoms with van der Waals surface area (Å²) >= 11 is 0. The van der Waals surface area contributed by atoms with Crippen molar-refractivity contribution in [1.29, 1.82) is 0 Å². The molecule has 3 heteroatoms. The molecular weight excluding hydrogens is 238 g/mol. The van der Waals surface area contributed by atoms with Gasteiger partial charge >= 0.3 is 0 Å². The average Bonchev–Trinajstić information content (AvgIpc) is 2.85. The van der Waals surface area contributed by atoms with Gasteiger partial charge in [-0.2, -0.15) is 0 Å². The van der Waals surface area contributed by atoms with Gasteiger partial charge in [0.1, 0.15) is 11.5 Å². The van der Waals surface area contributed by atoms with E-state index in [-0.39, 0.29) is 6.04 Å². The van der Waals surface area contributed by atoms with Crippen LogP contribution < -0.4 is 10.1 Å². The number of furan rings is 1. The maximum Gasteiger partial charge on any atom is 0.118 e. The summed E-state index contributed by atoms with van der Waals surface area (Å²) in [7, 11) is 1.69. The molecule has 0 spiro atoms. The molecule has 0 saturated heterocycles. The molecule has 0 aliphatic rings. The van der Waals surface area contributed by atoms with Crippen LogP contribution in [-0.2, 0) is 6.42 Å². The molecule has 0 aliphatic carbocycles. The molecule has 2 rings (SSSR count). The maximum absolute atomic E-state index is 5.41. The highest BCUT2D eigenvalue weighted by atomic mass is 16.5. The molecule has 0 fully saturated rings. The number of aryl methyl sites for hydroxylation is 1. The fourth-order valence-electron chi connectivity index (χ4n) is 2.29. The van der Waals surface area contributed by atoms with Crippen LogP contribution in [0.2, 0.25) is 0 Å². The van der Waals surface area contributed by atoms with Crippen LogP contribution in [0, 0.1) is 6.92 Å². The minimum absolute atomic E-state index is 0.289. The molecule has 0 bridgehead atoms. The van der Waals surface area contributed by atoms with Crippen molar-refractivity contribution >= 4 is 0 Å². The fraction of sp³-hybridized carbons (Fsp3) is 0.375. The molecule has 1 N–H and O–H groups in total. The van der Waals surface area contributed by atoms with Gasteiger partial charge in [0.05, 0.1) is 13.4 Å². The summed E-state index contributed by atoms with van der Waals surface area (Å²) in [6.07, 6.45) is 2.70. The lowest BCUT2D eigenvalue weighted by molar-refractivity contribution is 0.414. The molecule has 3 nitrogen and oxygen atoms in total. The first-order valence-electron chi connectivity index (χ1n) is 6.65. The molecule has 1 unspecified atom stereocenters. The van der Waals surface area contributed by atoms with E-state index in [0.29, 0.717) is 0 Å². The Morgan fingerprint density at radius 1 is 1.21 bits per heavy atom. The largest absolute Gasteiger partial charge is 0.497 e. The summed E-state index contributed by atoms with van der Waals surface area (Å²) in [5, 5.41) is 3.51. The first-order chi connectivity index (χ1) is 9.24. The third-order valence-electron chi connectivity index (χ3n) is 3.32. The normalized spacial score (nSPS) is 12.4. The van der Waals surface area contributed by atoms with E-state index in [9.17, 15) is 0 Å². The van der Waals surface area contributed by atoms with Crippen molar-refractivity contribution in [3.63, 3.8) is 0 Å². The fourth-order valence-corrected chi connectivity index (χ4v) is 2.29. The van der Waals surface area contributed by atoms with Crippen LogP contribution in [0.15, 0.2) is 41.0 Å². The highest BCUT2D eigenvalue weighted by molar-refractivity contribution is 5.30. The van der Waals surface area contributed by atoms with Crippen molar-refractivity contribution in [3.8, 4) is 5.75 Å². The summed E-state index contributed by atoms with van der Waals surface area (Å²) in [5.41, 5.74) is 2.52. The average molecular weight is 259 g/mol. The summed E-state index contributed by atoms with van der Waals surface area (Å²) in [5.74, 6) is 1.88. The Morgan fingerprint density at radius 3 is 2.47 bits per heavy atom.